The second kappa shape index (κ2) is 8.14. The van der Waals surface area contributed by atoms with Crippen molar-refractivity contribution in [2.24, 2.45) is 5.41 Å². The highest BCUT2D eigenvalue weighted by Gasteiger charge is 2.43. The van der Waals surface area contributed by atoms with E-state index in [1.54, 1.807) is 0 Å². The molecule has 2 atom stereocenters. The Hall–Kier alpha value is -2.41. The maximum Gasteiger partial charge on any atom is 0.318 e. The summed E-state index contributed by atoms with van der Waals surface area (Å²) < 4.78 is 0. The van der Waals surface area contributed by atoms with Gasteiger partial charge in [-0.25, -0.2) is 4.79 Å². The fourth-order valence-electron chi connectivity index (χ4n) is 5.02. The molecule has 0 saturated carbocycles. The minimum absolute atomic E-state index is 0.147. The van der Waals surface area contributed by atoms with Crippen molar-refractivity contribution < 1.29 is 14.4 Å². The summed E-state index contributed by atoms with van der Waals surface area (Å²) in [5, 5.41) is 2.86. The van der Waals surface area contributed by atoms with E-state index in [0.29, 0.717) is 12.8 Å². The summed E-state index contributed by atoms with van der Waals surface area (Å²) >= 11 is 0. The van der Waals surface area contributed by atoms with Gasteiger partial charge in [0.15, 0.2) is 0 Å². The number of nitrogens with one attached hydrogen (secondary N) is 1. The summed E-state index contributed by atoms with van der Waals surface area (Å²) in [6, 6.07) is 9.75. The van der Waals surface area contributed by atoms with E-state index in [-0.39, 0.29) is 23.3 Å². The van der Waals surface area contributed by atoms with Gasteiger partial charge >= 0.3 is 6.03 Å². The first-order valence-electron chi connectivity index (χ1n) is 10.6. The topological polar surface area (TPSA) is 73.0 Å². The third-order valence-corrected chi connectivity index (χ3v) is 6.66. The van der Waals surface area contributed by atoms with Gasteiger partial charge in [-0.1, -0.05) is 30.3 Å². The second-order valence-electron chi connectivity index (χ2n) is 8.80. The van der Waals surface area contributed by atoms with Crippen LogP contribution in [0.3, 0.4) is 0 Å². The smallest absolute Gasteiger partial charge is 0.318 e. The van der Waals surface area contributed by atoms with Gasteiger partial charge in [-0.3, -0.25) is 19.4 Å². The van der Waals surface area contributed by atoms with E-state index in [0.717, 1.165) is 56.9 Å². The number of benzene rings is 1. The van der Waals surface area contributed by atoms with Crippen molar-refractivity contribution in [1.29, 1.82) is 0 Å². The summed E-state index contributed by atoms with van der Waals surface area (Å²) in [7, 11) is 1.48. The minimum atomic E-state index is -0.595. The lowest BCUT2D eigenvalue weighted by Crippen LogP contribution is -2.55. The summed E-state index contributed by atoms with van der Waals surface area (Å²) in [5.74, 6) is -0.489. The van der Waals surface area contributed by atoms with Gasteiger partial charge in [-0.05, 0) is 37.8 Å². The molecule has 7 heteroatoms. The van der Waals surface area contributed by atoms with Crippen LogP contribution >= 0.6 is 0 Å². The number of piperidine rings is 2. The number of likely N-dealkylation sites (N-methyl/N-ethyl adjacent to an activating group) is 1. The van der Waals surface area contributed by atoms with E-state index in [1.807, 2.05) is 11.0 Å². The number of hydrogen-bond donors (Lipinski definition) is 1. The van der Waals surface area contributed by atoms with Crippen molar-refractivity contribution >= 4 is 17.8 Å². The predicted octanol–water partition coefficient (Wildman–Crippen LogP) is 1.83. The Balaban J connectivity index is 1.33. The monoisotopic (exact) mass is 398 g/mol. The van der Waals surface area contributed by atoms with Crippen LogP contribution in [0.1, 0.15) is 37.7 Å². The van der Waals surface area contributed by atoms with Gasteiger partial charge in [0.25, 0.3) is 5.91 Å². The summed E-state index contributed by atoms with van der Waals surface area (Å²) in [5.41, 5.74) is 1.47. The maximum absolute atomic E-state index is 12.8. The Morgan fingerprint density at radius 3 is 2.72 bits per heavy atom. The van der Waals surface area contributed by atoms with Gasteiger partial charge in [0, 0.05) is 45.1 Å². The Kier molecular flexibility index (Phi) is 5.58. The van der Waals surface area contributed by atoms with Gasteiger partial charge in [-0.15, -0.1) is 0 Å². The molecule has 2 unspecified atom stereocenters. The summed E-state index contributed by atoms with van der Waals surface area (Å²) in [6.07, 6.45) is 3.98. The molecule has 3 fully saturated rings. The zero-order valence-electron chi connectivity index (χ0n) is 17.1. The lowest BCUT2D eigenvalue weighted by Gasteiger charge is -2.40. The molecule has 7 nitrogen and oxygen atoms in total. The molecule has 29 heavy (non-hydrogen) atoms. The van der Waals surface area contributed by atoms with E-state index < -0.39 is 6.04 Å². The molecule has 4 amide bonds. The van der Waals surface area contributed by atoms with Gasteiger partial charge < -0.3 is 10.2 Å². The number of nitrogens with zero attached hydrogens (tertiary/aromatic N) is 3. The lowest BCUT2D eigenvalue weighted by molar-refractivity contribution is -0.147. The standard InChI is InChI=1S/C22H30N4O3/c1-24-19(27)9-8-18(20(24)28)23-21(29)26-13-11-22(16-26)10-5-12-25(15-22)14-17-6-3-2-4-7-17/h2-4,6-7,18H,5,8-16H2,1H3,(H,23,29). The molecule has 3 aliphatic heterocycles. The molecular weight excluding hydrogens is 368 g/mol. The van der Waals surface area contributed by atoms with Crippen LogP contribution in [0.15, 0.2) is 30.3 Å². The molecule has 0 bridgehead atoms. The number of likely N-dealkylation sites (tertiary alicyclic amines) is 3. The first-order chi connectivity index (χ1) is 14.0. The average molecular weight is 399 g/mol. The molecule has 1 spiro atoms. The number of amides is 4. The Bertz CT molecular complexity index is 784. The van der Waals surface area contributed by atoms with Crippen molar-refractivity contribution in [3.8, 4) is 0 Å². The fourth-order valence-corrected chi connectivity index (χ4v) is 5.02. The van der Waals surface area contributed by atoms with Crippen molar-refractivity contribution in [1.82, 2.24) is 20.0 Å². The first-order valence-corrected chi connectivity index (χ1v) is 10.6. The Morgan fingerprint density at radius 1 is 1.14 bits per heavy atom. The number of hydrogen-bond acceptors (Lipinski definition) is 4. The van der Waals surface area contributed by atoms with Crippen LogP contribution in [0.4, 0.5) is 4.79 Å². The molecule has 4 rings (SSSR count). The highest BCUT2D eigenvalue weighted by molar-refractivity contribution is 6.01. The summed E-state index contributed by atoms with van der Waals surface area (Å²) in [6.45, 7) is 4.51. The van der Waals surface area contributed by atoms with Crippen LogP contribution in [-0.2, 0) is 16.1 Å². The van der Waals surface area contributed by atoms with Gasteiger partial charge in [-0.2, -0.15) is 0 Å². The number of carbonyl (C=O) groups is 3. The van der Waals surface area contributed by atoms with E-state index in [2.05, 4.69) is 34.5 Å². The predicted molar refractivity (Wildman–Crippen MR) is 109 cm³/mol. The molecule has 1 aromatic rings. The highest BCUT2D eigenvalue weighted by atomic mass is 16.2. The van der Waals surface area contributed by atoms with Crippen molar-refractivity contribution in [3.05, 3.63) is 35.9 Å². The summed E-state index contributed by atoms with van der Waals surface area (Å²) in [4.78, 5) is 42.2. The van der Waals surface area contributed by atoms with Crippen LogP contribution in [-0.4, -0.2) is 71.8 Å². The number of imide groups is 1. The van der Waals surface area contributed by atoms with E-state index in [4.69, 9.17) is 0 Å². The van der Waals surface area contributed by atoms with Gasteiger partial charge in [0.2, 0.25) is 5.91 Å². The zero-order valence-corrected chi connectivity index (χ0v) is 17.1. The third-order valence-electron chi connectivity index (χ3n) is 6.66. The van der Waals surface area contributed by atoms with E-state index in [9.17, 15) is 14.4 Å². The lowest BCUT2D eigenvalue weighted by atomic mass is 9.79. The largest absolute Gasteiger partial charge is 0.326 e. The second-order valence-corrected chi connectivity index (χ2v) is 8.80. The Labute approximate surface area is 172 Å². The van der Waals surface area contributed by atoms with Crippen molar-refractivity contribution in [3.63, 3.8) is 0 Å². The van der Waals surface area contributed by atoms with Crippen molar-refractivity contribution in [2.45, 2.75) is 44.7 Å². The van der Waals surface area contributed by atoms with Crippen LogP contribution < -0.4 is 5.32 Å². The van der Waals surface area contributed by atoms with E-state index in [1.165, 1.54) is 12.6 Å². The van der Waals surface area contributed by atoms with Crippen LogP contribution in [0.25, 0.3) is 0 Å². The average Bonchev–Trinajstić information content (AvgIpc) is 3.12. The molecule has 1 N–H and O–H groups in total. The zero-order chi connectivity index (χ0) is 20.4. The number of rotatable bonds is 3. The third kappa shape index (κ3) is 4.29. The quantitative estimate of drug-likeness (QED) is 0.789. The molecule has 0 aromatic heterocycles. The minimum Gasteiger partial charge on any atom is -0.326 e. The molecule has 156 valence electrons. The number of urea groups is 1. The molecule has 3 saturated heterocycles. The Morgan fingerprint density at radius 2 is 1.93 bits per heavy atom. The number of carbonyl (C=O) groups excluding carboxylic acids is 3. The molecule has 1 aromatic carbocycles. The van der Waals surface area contributed by atoms with Crippen LogP contribution in [0.2, 0.25) is 0 Å². The molecule has 0 radical (unpaired) electrons. The van der Waals surface area contributed by atoms with Crippen LogP contribution in [0.5, 0.6) is 0 Å². The van der Waals surface area contributed by atoms with Crippen molar-refractivity contribution in [2.75, 3.05) is 33.2 Å². The van der Waals surface area contributed by atoms with Gasteiger partial charge in [0.1, 0.15) is 6.04 Å². The normalized spacial score (nSPS) is 28.2. The maximum atomic E-state index is 12.8. The fraction of sp³-hybridized carbons (Fsp3) is 0.591. The van der Waals surface area contributed by atoms with E-state index >= 15 is 0 Å². The highest BCUT2D eigenvalue weighted by Crippen LogP contribution is 2.39. The van der Waals surface area contributed by atoms with Gasteiger partial charge in [0.05, 0.1) is 0 Å². The van der Waals surface area contributed by atoms with Crippen LogP contribution in [0, 0.1) is 5.41 Å². The molecule has 0 aliphatic carbocycles. The molecule has 3 heterocycles. The first kappa shape index (κ1) is 19.9. The molecular formula is C22H30N4O3. The SMILES string of the molecule is CN1C(=O)CCC(NC(=O)N2CCC3(CCCN(Cc4ccccc4)C3)C2)C1=O. The molecule has 3 aliphatic rings.